The Morgan fingerprint density at radius 3 is 2.71 bits per heavy atom. The van der Waals surface area contributed by atoms with Crippen LogP contribution in [0.25, 0.3) is 10.9 Å². The van der Waals surface area contributed by atoms with Gasteiger partial charge in [0.15, 0.2) is 5.16 Å². The van der Waals surface area contributed by atoms with E-state index in [9.17, 15) is 9.59 Å². The molecule has 0 fully saturated rings. The molecule has 0 aliphatic rings. The molecule has 0 saturated carbocycles. The first-order valence-electron chi connectivity index (χ1n) is 8.90. The zero-order valence-corrected chi connectivity index (χ0v) is 17.8. The van der Waals surface area contributed by atoms with Crippen molar-refractivity contribution >= 4 is 40.2 Å². The van der Waals surface area contributed by atoms with Crippen molar-refractivity contribution < 1.29 is 9.21 Å². The first kappa shape index (κ1) is 20.5. The van der Waals surface area contributed by atoms with E-state index in [0.29, 0.717) is 27.6 Å². The van der Waals surface area contributed by atoms with Gasteiger partial charge in [0.2, 0.25) is 5.91 Å². The van der Waals surface area contributed by atoms with Gasteiger partial charge < -0.3 is 9.32 Å². The molecule has 1 amide bonds. The van der Waals surface area contributed by atoms with E-state index in [4.69, 9.17) is 16.0 Å². The Labute approximate surface area is 172 Å². The van der Waals surface area contributed by atoms with Crippen LogP contribution in [0.3, 0.4) is 0 Å². The molecule has 0 aliphatic heterocycles. The molecule has 0 radical (unpaired) electrons. The third-order valence-electron chi connectivity index (χ3n) is 4.29. The van der Waals surface area contributed by atoms with E-state index in [2.05, 4.69) is 4.98 Å². The second-order valence-corrected chi connectivity index (χ2v) is 8.25. The predicted molar refractivity (Wildman–Crippen MR) is 112 cm³/mol. The second kappa shape index (κ2) is 8.41. The van der Waals surface area contributed by atoms with Crippen molar-refractivity contribution in [1.29, 1.82) is 0 Å². The molecule has 3 aromatic rings. The van der Waals surface area contributed by atoms with Crippen LogP contribution in [0.2, 0.25) is 5.02 Å². The topological polar surface area (TPSA) is 68.3 Å². The minimum atomic E-state index is -0.133. The van der Waals surface area contributed by atoms with Crippen LogP contribution < -0.4 is 5.56 Å². The maximum atomic E-state index is 12.9. The average molecular weight is 420 g/mol. The molecule has 0 N–H and O–H groups in total. The SMILES string of the molecule is Cc1ccc(CN(C)C(=O)CSc2nc3cc(Cl)ccc3c(=O)n2C(C)C)o1. The summed E-state index contributed by atoms with van der Waals surface area (Å²) in [4.78, 5) is 31.6. The largest absolute Gasteiger partial charge is 0.464 e. The van der Waals surface area contributed by atoms with Gasteiger partial charge in [0.05, 0.1) is 23.2 Å². The van der Waals surface area contributed by atoms with Gasteiger partial charge in [-0.2, -0.15) is 0 Å². The molecule has 0 saturated heterocycles. The van der Waals surface area contributed by atoms with Crippen LogP contribution in [-0.4, -0.2) is 33.2 Å². The molecule has 2 heterocycles. The number of nitrogens with zero attached hydrogens (tertiary/aromatic N) is 3. The highest BCUT2D eigenvalue weighted by atomic mass is 35.5. The molecule has 0 bridgehead atoms. The summed E-state index contributed by atoms with van der Waals surface area (Å²) in [5.41, 5.74) is 0.398. The summed E-state index contributed by atoms with van der Waals surface area (Å²) < 4.78 is 7.14. The molecule has 6 nitrogen and oxygen atoms in total. The first-order valence-corrected chi connectivity index (χ1v) is 10.3. The van der Waals surface area contributed by atoms with Crippen molar-refractivity contribution in [3.8, 4) is 0 Å². The summed E-state index contributed by atoms with van der Waals surface area (Å²) in [6, 6.07) is 8.68. The zero-order chi connectivity index (χ0) is 20.4. The van der Waals surface area contributed by atoms with E-state index in [1.54, 1.807) is 34.7 Å². The van der Waals surface area contributed by atoms with Gasteiger partial charge in [-0.3, -0.25) is 14.2 Å². The molecular formula is C20H22ClN3O3S. The molecule has 3 rings (SSSR count). The van der Waals surface area contributed by atoms with E-state index >= 15 is 0 Å². The number of aromatic nitrogens is 2. The van der Waals surface area contributed by atoms with Gasteiger partial charge in [0, 0.05) is 18.1 Å². The maximum absolute atomic E-state index is 12.9. The molecule has 0 atom stereocenters. The van der Waals surface area contributed by atoms with Crippen LogP contribution in [0, 0.1) is 6.92 Å². The standard InChI is InChI=1S/C20H22ClN3O3S/c1-12(2)24-19(26)16-8-6-14(21)9-17(16)22-20(24)28-11-18(25)23(4)10-15-7-5-13(3)27-15/h5-9,12H,10-11H2,1-4H3. The summed E-state index contributed by atoms with van der Waals surface area (Å²) >= 11 is 7.30. The molecule has 1 aromatic carbocycles. The Hall–Kier alpha value is -2.25. The lowest BCUT2D eigenvalue weighted by Crippen LogP contribution is -2.29. The number of fused-ring (bicyclic) bond motifs is 1. The summed E-state index contributed by atoms with van der Waals surface area (Å²) in [6.07, 6.45) is 0. The smallest absolute Gasteiger partial charge is 0.262 e. The van der Waals surface area contributed by atoms with Crippen molar-refractivity contribution in [2.75, 3.05) is 12.8 Å². The highest BCUT2D eigenvalue weighted by Gasteiger charge is 2.17. The van der Waals surface area contributed by atoms with Crippen molar-refractivity contribution in [3.63, 3.8) is 0 Å². The third-order valence-corrected chi connectivity index (χ3v) is 5.46. The van der Waals surface area contributed by atoms with Gasteiger partial charge in [-0.05, 0) is 51.1 Å². The summed E-state index contributed by atoms with van der Waals surface area (Å²) in [6.45, 7) is 6.10. The normalized spacial score (nSPS) is 11.4. The van der Waals surface area contributed by atoms with Gasteiger partial charge in [0.25, 0.3) is 5.56 Å². The number of amides is 1. The third kappa shape index (κ3) is 4.42. The number of hydrogen-bond donors (Lipinski definition) is 0. The zero-order valence-electron chi connectivity index (χ0n) is 16.2. The lowest BCUT2D eigenvalue weighted by molar-refractivity contribution is -0.127. The van der Waals surface area contributed by atoms with Crippen molar-refractivity contribution in [2.45, 2.75) is 38.5 Å². The lowest BCUT2D eigenvalue weighted by Gasteiger charge is -2.18. The average Bonchev–Trinajstić information content (AvgIpc) is 3.03. The molecule has 2 aromatic heterocycles. The molecule has 0 aliphatic carbocycles. The number of rotatable bonds is 6. The van der Waals surface area contributed by atoms with E-state index in [1.165, 1.54) is 11.8 Å². The summed E-state index contributed by atoms with van der Waals surface area (Å²) in [5, 5.41) is 1.53. The van der Waals surface area contributed by atoms with Crippen LogP contribution in [0.15, 0.2) is 44.7 Å². The fourth-order valence-electron chi connectivity index (χ4n) is 2.84. The first-order chi connectivity index (χ1) is 13.3. The number of furan rings is 1. The summed E-state index contributed by atoms with van der Waals surface area (Å²) in [7, 11) is 1.73. The lowest BCUT2D eigenvalue weighted by atomic mass is 10.2. The van der Waals surface area contributed by atoms with Gasteiger partial charge >= 0.3 is 0 Å². The number of halogens is 1. The molecule has 28 heavy (non-hydrogen) atoms. The van der Waals surface area contributed by atoms with Crippen LogP contribution in [0.5, 0.6) is 0 Å². The van der Waals surface area contributed by atoms with E-state index < -0.39 is 0 Å². The van der Waals surface area contributed by atoms with E-state index in [1.807, 2.05) is 32.9 Å². The second-order valence-electron chi connectivity index (χ2n) is 6.88. The van der Waals surface area contributed by atoms with E-state index in [0.717, 1.165) is 11.5 Å². The molecule has 148 valence electrons. The maximum Gasteiger partial charge on any atom is 0.262 e. The van der Waals surface area contributed by atoms with Gasteiger partial charge in [0.1, 0.15) is 11.5 Å². The highest BCUT2D eigenvalue weighted by Crippen LogP contribution is 2.23. The Morgan fingerprint density at radius 2 is 2.07 bits per heavy atom. The fourth-order valence-corrected chi connectivity index (χ4v) is 4.07. The highest BCUT2D eigenvalue weighted by molar-refractivity contribution is 7.99. The monoisotopic (exact) mass is 419 g/mol. The van der Waals surface area contributed by atoms with E-state index in [-0.39, 0.29) is 23.3 Å². The number of carbonyl (C=O) groups is 1. The van der Waals surface area contributed by atoms with Crippen LogP contribution in [-0.2, 0) is 11.3 Å². The summed E-state index contributed by atoms with van der Waals surface area (Å²) in [5.74, 6) is 1.64. The minimum Gasteiger partial charge on any atom is -0.464 e. The Balaban J connectivity index is 1.81. The van der Waals surface area contributed by atoms with Crippen molar-refractivity contribution in [1.82, 2.24) is 14.5 Å². The van der Waals surface area contributed by atoms with Crippen molar-refractivity contribution in [2.24, 2.45) is 0 Å². The van der Waals surface area contributed by atoms with Gasteiger partial charge in [-0.1, -0.05) is 23.4 Å². The minimum absolute atomic E-state index is 0.0743. The molecular weight excluding hydrogens is 398 g/mol. The Morgan fingerprint density at radius 1 is 1.32 bits per heavy atom. The molecule has 8 heteroatoms. The van der Waals surface area contributed by atoms with Crippen LogP contribution in [0.1, 0.15) is 31.4 Å². The van der Waals surface area contributed by atoms with Gasteiger partial charge in [-0.25, -0.2) is 4.98 Å². The number of aryl methyl sites for hydroxylation is 1. The fraction of sp³-hybridized carbons (Fsp3) is 0.350. The van der Waals surface area contributed by atoms with Crippen LogP contribution in [0.4, 0.5) is 0 Å². The Bertz CT molecular complexity index is 1070. The number of hydrogen-bond acceptors (Lipinski definition) is 5. The quantitative estimate of drug-likeness (QED) is 0.440. The predicted octanol–water partition coefficient (Wildman–Crippen LogP) is 4.28. The molecule has 0 spiro atoms. The number of carbonyl (C=O) groups excluding carboxylic acids is 1. The number of thioether (sulfide) groups is 1. The molecule has 0 unspecified atom stereocenters. The Kier molecular flexibility index (Phi) is 6.15. The number of benzene rings is 1. The van der Waals surface area contributed by atoms with Crippen molar-refractivity contribution in [3.05, 3.63) is 57.2 Å². The van der Waals surface area contributed by atoms with Crippen LogP contribution >= 0.6 is 23.4 Å². The van der Waals surface area contributed by atoms with Gasteiger partial charge in [-0.15, -0.1) is 0 Å².